The van der Waals surface area contributed by atoms with Gasteiger partial charge in [-0.25, -0.2) is 0 Å². The third-order valence-electron chi connectivity index (χ3n) is 3.93. The summed E-state index contributed by atoms with van der Waals surface area (Å²) in [7, 11) is 0. The molecule has 0 atom stereocenters. The molecule has 2 heterocycles. The fourth-order valence-electron chi connectivity index (χ4n) is 2.69. The summed E-state index contributed by atoms with van der Waals surface area (Å²) in [6.45, 7) is 3.26. The number of furan rings is 1. The van der Waals surface area contributed by atoms with Gasteiger partial charge in [0, 0.05) is 11.4 Å². The van der Waals surface area contributed by atoms with E-state index in [0.29, 0.717) is 19.5 Å². The van der Waals surface area contributed by atoms with Crippen molar-refractivity contribution in [3.8, 4) is 0 Å². The normalized spacial score (nSPS) is 10.7. The highest BCUT2D eigenvalue weighted by Gasteiger charge is 2.16. The van der Waals surface area contributed by atoms with E-state index >= 15 is 0 Å². The van der Waals surface area contributed by atoms with Gasteiger partial charge < -0.3 is 9.32 Å². The zero-order valence-corrected chi connectivity index (χ0v) is 14.6. The molecule has 24 heavy (non-hydrogen) atoms. The molecule has 0 radical (unpaired) electrons. The molecule has 0 unspecified atom stereocenters. The number of amides is 1. The van der Waals surface area contributed by atoms with Crippen molar-refractivity contribution in [3.63, 3.8) is 0 Å². The van der Waals surface area contributed by atoms with Crippen molar-refractivity contribution in [2.24, 2.45) is 0 Å². The summed E-state index contributed by atoms with van der Waals surface area (Å²) in [4.78, 5) is 16.0. The highest BCUT2D eigenvalue weighted by Crippen LogP contribution is 2.14. The highest BCUT2D eigenvalue weighted by atomic mass is 32.1. The topological polar surface area (TPSA) is 33.5 Å². The summed E-state index contributed by atoms with van der Waals surface area (Å²) < 4.78 is 5.43. The van der Waals surface area contributed by atoms with Crippen molar-refractivity contribution in [1.82, 2.24) is 4.90 Å². The second-order valence-corrected chi connectivity index (χ2v) is 6.92. The molecule has 4 heteroatoms. The van der Waals surface area contributed by atoms with E-state index < -0.39 is 0 Å². The average Bonchev–Trinajstić information content (AvgIpc) is 3.25. The molecule has 0 aliphatic carbocycles. The van der Waals surface area contributed by atoms with Crippen LogP contribution < -0.4 is 0 Å². The molecule has 1 amide bonds. The van der Waals surface area contributed by atoms with Gasteiger partial charge in [-0.2, -0.15) is 0 Å². The van der Waals surface area contributed by atoms with E-state index in [1.807, 2.05) is 48.2 Å². The van der Waals surface area contributed by atoms with Gasteiger partial charge in [0.25, 0.3) is 0 Å². The Morgan fingerprint density at radius 1 is 1.17 bits per heavy atom. The lowest BCUT2D eigenvalue weighted by molar-refractivity contribution is -0.131. The number of rotatable bonds is 7. The van der Waals surface area contributed by atoms with E-state index in [9.17, 15) is 4.79 Å². The van der Waals surface area contributed by atoms with Crippen molar-refractivity contribution in [3.05, 3.63) is 81.9 Å². The molecule has 3 nitrogen and oxygen atoms in total. The summed E-state index contributed by atoms with van der Waals surface area (Å²) in [6, 6.07) is 16.1. The van der Waals surface area contributed by atoms with E-state index in [1.54, 1.807) is 17.6 Å². The Morgan fingerprint density at radius 2 is 2.08 bits per heavy atom. The lowest BCUT2D eigenvalue weighted by Gasteiger charge is -2.21. The zero-order valence-electron chi connectivity index (χ0n) is 13.8. The second-order valence-electron chi connectivity index (χ2n) is 5.89. The first kappa shape index (κ1) is 16.5. The minimum absolute atomic E-state index is 0.133. The Morgan fingerprint density at radius 3 is 2.79 bits per heavy atom. The van der Waals surface area contributed by atoms with Gasteiger partial charge in [0.1, 0.15) is 5.76 Å². The van der Waals surface area contributed by atoms with Crippen molar-refractivity contribution >= 4 is 17.2 Å². The minimum Gasteiger partial charge on any atom is -0.467 e. The molecule has 0 aliphatic rings. The Hall–Kier alpha value is -2.33. The lowest BCUT2D eigenvalue weighted by atomic mass is 10.1. The van der Waals surface area contributed by atoms with Gasteiger partial charge in [0.05, 0.1) is 19.2 Å². The van der Waals surface area contributed by atoms with Gasteiger partial charge in [-0.15, -0.1) is 11.3 Å². The first-order valence-corrected chi connectivity index (χ1v) is 8.97. The van der Waals surface area contributed by atoms with Crippen LogP contribution in [0.15, 0.2) is 64.6 Å². The molecule has 124 valence electrons. The van der Waals surface area contributed by atoms with Gasteiger partial charge in [0.2, 0.25) is 5.91 Å². The van der Waals surface area contributed by atoms with Crippen LogP contribution in [-0.4, -0.2) is 17.4 Å². The Labute approximate surface area is 146 Å². The predicted molar refractivity (Wildman–Crippen MR) is 97.0 cm³/mol. The Bertz CT molecular complexity index is 763. The summed E-state index contributed by atoms with van der Waals surface area (Å²) in [6.07, 6.45) is 2.95. The van der Waals surface area contributed by atoms with E-state index in [2.05, 4.69) is 17.5 Å². The van der Waals surface area contributed by atoms with Crippen LogP contribution in [0.1, 0.15) is 21.8 Å². The molecule has 1 aromatic carbocycles. The molecule has 0 saturated carbocycles. The maximum Gasteiger partial charge on any atom is 0.227 e. The van der Waals surface area contributed by atoms with E-state index in [-0.39, 0.29) is 5.91 Å². The van der Waals surface area contributed by atoms with Crippen LogP contribution in [-0.2, 0) is 24.2 Å². The summed E-state index contributed by atoms with van der Waals surface area (Å²) in [5.74, 6) is 0.951. The van der Waals surface area contributed by atoms with Crippen LogP contribution in [0.2, 0.25) is 0 Å². The SMILES string of the molecule is Cc1cccc(CC(=O)N(CCc2cccs2)Cc2ccco2)c1. The van der Waals surface area contributed by atoms with Crippen molar-refractivity contribution in [2.45, 2.75) is 26.3 Å². The molecule has 0 saturated heterocycles. The smallest absolute Gasteiger partial charge is 0.227 e. The van der Waals surface area contributed by atoms with Crippen LogP contribution >= 0.6 is 11.3 Å². The number of carbonyl (C=O) groups excluding carboxylic acids is 1. The number of thiophene rings is 1. The molecule has 3 aromatic rings. The monoisotopic (exact) mass is 339 g/mol. The number of hydrogen-bond acceptors (Lipinski definition) is 3. The molecular formula is C20H21NO2S. The van der Waals surface area contributed by atoms with E-state index in [0.717, 1.165) is 17.7 Å². The van der Waals surface area contributed by atoms with E-state index in [4.69, 9.17) is 4.42 Å². The zero-order chi connectivity index (χ0) is 16.8. The van der Waals surface area contributed by atoms with Crippen LogP contribution in [0, 0.1) is 6.92 Å². The third kappa shape index (κ3) is 4.59. The summed E-state index contributed by atoms with van der Waals surface area (Å²) >= 11 is 1.73. The lowest BCUT2D eigenvalue weighted by Crippen LogP contribution is -2.33. The molecular weight excluding hydrogens is 318 g/mol. The Kier molecular flexibility index (Phi) is 5.49. The van der Waals surface area contributed by atoms with Crippen LogP contribution in [0.25, 0.3) is 0 Å². The maximum absolute atomic E-state index is 12.8. The molecule has 3 rings (SSSR count). The number of carbonyl (C=O) groups is 1. The van der Waals surface area contributed by atoms with Gasteiger partial charge in [0.15, 0.2) is 0 Å². The van der Waals surface area contributed by atoms with Crippen molar-refractivity contribution < 1.29 is 9.21 Å². The van der Waals surface area contributed by atoms with Crippen molar-refractivity contribution in [1.29, 1.82) is 0 Å². The van der Waals surface area contributed by atoms with Gasteiger partial charge in [-0.3, -0.25) is 4.79 Å². The second kappa shape index (κ2) is 7.97. The van der Waals surface area contributed by atoms with Crippen LogP contribution in [0.3, 0.4) is 0 Å². The highest BCUT2D eigenvalue weighted by molar-refractivity contribution is 7.09. The molecule has 0 aliphatic heterocycles. The average molecular weight is 339 g/mol. The quantitative estimate of drug-likeness (QED) is 0.636. The Balaban J connectivity index is 1.68. The number of benzene rings is 1. The molecule has 0 fully saturated rings. The number of hydrogen-bond donors (Lipinski definition) is 0. The van der Waals surface area contributed by atoms with E-state index in [1.165, 1.54) is 10.4 Å². The van der Waals surface area contributed by atoms with Crippen LogP contribution in [0.5, 0.6) is 0 Å². The molecule has 0 N–H and O–H groups in total. The standard InChI is InChI=1S/C20H21NO2S/c1-16-5-2-6-17(13-16)14-20(22)21(15-18-7-3-11-23-18)10-9-19-8-4-12-24-19/h2-8,11-13H,9-10,14-15H2,1H3. The minimum atomic E-state index is 0.133. The number of nitrogens with zero attached hydrogens (tertiary/aromatic N) is 1. The maximum atomic E-state index is 12.8. The van der Waals surface area contributed by atoms with Crippen molar-refractivity contribution in [2.75, 3.05) is 6.54 Å². The number of aryl methyl sites for hydroxylation is 1. The third-order valence-corrected chi connectivity index (χ3v) is 4.86. The molecule has 0 spiro atoms. The van der Waals surface area contributed by atoms with Crippen LogP contribution in [0.4, 0.5) is 0 Å². The molecule has 2 aromatic heterocycles. The summed E-state index contributed by atoms with van der Waals surface area (Å²) in [5, 5.41) is 2.07. The van der Waals surface area contributed by atoms with Gasteiger partial charge in [-0.05, 0) is 42.5 Å². The largest absolute Gasteiger partial charge is 0.467 e. The first-order valence-electron chi connectivity index (χ1n) is 8.09. The van der Waals surface area contributed by atoms with Gasteiger partial charge in [-0.1, -0.05) is 35.9 Å². The fraction of sp³-hybridized carbons (Fsp3) is 0.250. The predicted octanol–water partition coefficient (Wildman–Crippen LogP) is 4.46. The molecule has 0 bridgehead atoms. The fourth-order valence-corrected chi connectivity index (χ4v) is 3.39. The summed E-state index contributed by atoms with van der Waals surface area (Å²) in [5.41, 5.74) is 2.23. The first-order chi connectivity index (χ1) is 11.7. The van der Waals surface area contributed by atoms with Gasteiger partial charge >= 0.3 is 0 Å².